The minimum Gasteiger partial charge on any atom is -0.389 e. The Balaban J connectivity index is 3.86. The summed E-state index contributed by atoms with van der Waals surface area (Å²) in [7, 11) is 0. The van der Waals surface area contributed by atoms with Crippen LogP contribution >= 0.6 is 0 Å². The zero-order valence-corrected chi connectivity index (χ0v) is 8.43. The van der Waals surface area contributed by atoms with Crippen LogP contribution in [0.3, 0.4) is 0 Å². The van der Waals surface area contributed by atoms with Crippen molar-refractivity contribution in [1.29, 1.82) is 0 Å². The number of hydrogen-bond donors (Lipinski definition) is 1. The van der Waals surface area contributed by atoms with Crippen LogP contribution in [0.5, 0.6) is 0 Å². The minimum atomic E-state index is -0.292. The fraction of sp³-hybridized carbons (Fsp3) is 0.636. The van der Waals surface area contributed by atoms with Crippen molar-refractivity contribution in [3.63, 3.8) is 0 Å². The van der Waals surface area contributed by atoms with Crippen LogP contribution in [0, 0.1) is 0 Å². The van der Waals surface area contributed by atoms with Crippen molar-refractivity contribution in [2.45, 2.75) is 46.1 Å². The van der Waals surface area contributed by atoms with Crippen LogP contribution in [-0.2, 0) is 0 Å². The lowest BCUT2D eigenvalue weighted by atomic mass is 10.1. The van der Waals surface area contributed by atoms with Gasteiger partial charge in [0.2, 0.25) is 0 Å². The standard InChI is InChI=1S/C11H20O/c1-5-11(10(4)12)8-6-7-9(2)3/h8,10,12H,2,5-7H2,1,3-4H3. The Bertz CT molecular complexity index is 166. The summed E-state index contributed by atoms with van der Waals surface area (Å²) in [6.45, 7) is 9.74. The topological polar surface area (TPSA) is 20.2 Å². The van der Waals surface area contributed by atoms with Crippen LogP contribution in [0.4, 0.5) is 0 Å². The lowest BCUT2D eigenvalue weighted by Crippen LogP contribution is -2.03. The van der Waals surface area contributed by atoms with E-state index in [9.17, 15) is 5.11 Å². The quantitative estimate of drug-likeness (QED) is 0.625. The van der Waals surface area contributed by atoms with E-state index < -0.39 is 0 Å². The van der Waals surface area contributed by atoms with Crippen molar-refractivity contribution in [1.82, 2.24) is 0 Å². The van der Waals surface area contributed by atoms with E-state index in [4.69, 9.17) is 0 Å². The Kier molecular flexibility index (Phi) is 5.73. The molecule has 1 unspecified atom stereocenters. The van der Waals surface area contributed by atoms with Crippen LogP contribution in [0.15, 0.2) is 23.8 Å². The maximum atomic E-state index is 9.29. The van der Waals surface area contributed by atoms with E-state index >= 15 is 0 Å². The molecule has 70 valence electrons. The van der Waals surface area contributed by atoms with Crippen LogP contribution in [0.2, 0.25) is 0 Å². The lowest BCUT2D eigenvalue weighted by molar-refractivity contribution is 0.227. The summed E-state index contributed by atoms with van der Waals surface area (Å²) in [5, 5.41) is 9.29. The van der Waals surface area contributed by atoms with Gasteiger partial charge < -0.3 is 5.11 Å². The summed E-state index contributed by atoms with van der Waals surface area (Å²) in [4.78, 5) is 0. The summed E-state index contributed by atoms with van der Waals surface area (Å²) in [5.41, 5.74) is 2.34. The molecule has 1 atom stereocenters. The molecule has 0 aliphatic heterocycles. The maximum Gasteiger partial charge on any atom is 0.0721 e. The van der Waals surface area contributed by atoms with E-state index in [1.165, 1.54) is 5.57 Å². The van der Waals surface area contributed by atoms with Gasteiger partial charge in [0.25, 0.3) is 0 Å². The number of rotatable bonds is 5. The number of allylic oxidation sites excluding steroid dienone is 2. The third-order valence-electron chi connectivity index (χ3n) is 1.92. The first-order valence-electron chi connectivity index (χ1n) is 4.59. The maximum absolute atomic E-state index is 9.29. The summed E-state index contributed by atoms with van der Waals surface area (Å²) < 4.78 is 0. The number of aliphatic hydroxyl groups excluding tert-OH is 1. The molecule has 0 heterocycles. The molecule has 0 saturated heterocycles. The van der Waals surface area contributed by atoms with Gasteiger partial charge in [0.15, 0.2) is 0 Å². The highest BCUT2D eigenvalue weighted by atomic mass is 16.3. The van der Waals surface area contributed by atoms with Gasteiger partial charge in [-0.15, -0.1) is 6.58 Å². The van der Waals surface area contributed by atoms with Crippen LogP contribution in [-0.4, -0.2) is 11.2 Å². The molecule has 0 aliphatic carbocycles. The fourth-order valence-electron chi connectivity index (χ4n) is 1.11. The predicted molar refractivity (Wildman–Crippen MR) is 54.1 cm³/mol. The summed E-state index contributed by atoms with van der Waals surface area (Å²) in [6.07, 6.45) is 4.80. The molecule has 0 aromatic heterocycles. The van der Waals surface area contributed by atoms with Gasteiger partial charge in [-0.2, -0.15) is 0 Å². The first-order chi connectivity index (χ1) is 5.57. The molecule has 0 spiro atoms. The van der Waals surface area contributed by atoms with Crippen molar-refractivity contribution in [2.24, 2.45) is 0 Å². The van der Waals surface area contributed by atoms with Gasteiger partial charge in [-0.1, -0.05) is 18.6 Å². The van der Waals surface area contributed by atoms with Crippen LogP contribution in [0.1, 0.15) is 40.0 Å². The van der Waals surface area contributed by atoms with Crippen molar-refractivity contribution in [3.05, 3.63) is 23.8 Å². The van der Waals surface area contributed by atoms with Gasteiger partial charge in [0.1, 0.15) is 0 Å². The number of hydrogen-bond acceptors (Lipinski definition) is 1. The molecule has 1 nitrogen and oxygen atoms in total. The molecule has 0 aromatic carbocycles. The smallest absolute Gasteiger partial charge is 0.0721 e. The first kappa shape index (κ1) is 11.4. The second-order valence-corrected chi connectivity index (χ2v) is 3.30. The van der Waals surface area contributed by atoms with Gasteiger partial charge in [-0.25, -0.2) is 0 Å². The molecule has 0 bridgehead atoms. The molecular formula is C11H20O. The van der Waals surface area contributed by atoms with E-state index in [1.54, 1.807) is 0 Å². The predicted octanol–water partition coefficient (Wildman–Crippen LogP) is 3.06. The molecule has 1 heteroatoms. The van der Waals surface area contributed by atoms with E-state index in [0.717, 1.165) is 24.8 Å². The zero-order chi connectivity index (χ0) is 9.56. The summed E-state index contributed by atoms with van der Waals surface area (Å²) in [6, 6.07) is 0. The van der Waals surface area contributed by atoms with Gasteiger partial charge in [-0.3, -0.25) is 0 Å². The first-order valence-corrected chi connectivity index (χ1v) is 4.59. The third-order valence-corrected chi connectivity index (χ3v) is 1.92. The Labute approximate surface area is 75.8 Å². The molecule has 12 heavy (non-hydrogen) atoms. The van der Waals surface area contributed by atoms with E-state index in [-0.39, 0.29) is 6.10 Å². The average Bonchev–Trinajstić information content (AvgIpc) is 1.96. The highest BCUT2D eigenvalue weighted by molar-refractivity contribution is 5.07. The van der Waals surface area contributed by atoms with E-state index in [2.05, 4.69) is 19.6 Å². The number of aliphatic hydroxyl groups is 1. The molecule has 1 N–H and O–H groups in total. The molecule has 0 amide bonds. The second kappa shape index (κ2) is 6.01. The highest BCUT2D eigenvalue weighted by Crippen LogP contribution is 2.10. The second-order valence-electron chi connectivity index (χ2n) is 3.30. The molecule has 0 fully saturated rings. The van der Waals surface area contributed by atoms with Crippen molar-refractivity contribution >= 4 is 0 Å². The summed E-state index contributed by atoms with van der Waals surface area (Å²) >= 11 is 0. The monoisotopic (exact) mass is 168 g/mol. The van der Waals surface area contributed by atoms with E-state index in [1.807, 2.05) is 13.8 Å². The van der Waals surface area contributed by atoms with Crippen molar-refractivity contribution in [3.8, 4) is 0 Å². The molecule has 0 rings (SSSR count). The Hall–Kier alpha value is -0.560. The van der Waals surface area contributed by atoms with Gasteiger partial charge in [-0.05, 0) is 38.7 Å². The normalized spacial score (nSPS) is 14.5. The SMILES string of the molecule is C=C(C)CCC=C(CC)C(C)O. The third kappa shape index (κ3) is 5.14. The highest BCUT2D eigenvalue weighted by Gasteiger charge is 2.00. The Morgan fingerprint density at radius 3 is 2.50 bits per heavy atom. The van der Waals surface area contributed by atoms with Crippen LogP contribution in [0.25, 0.3) is 0 Å². The largest absolute Gasteiger partial charge is 0.389 e. The molecule has 0 radical (unpaired) electrons. The minimum absolute atomic E-state index is 0.292. The Morgan fingerprint density at radius 2 is 2.17 bits per heavy atom. The van der Waals surface area contributed by atoms with E-state index in [0.29, 0.717) is 0 Å². The lowest BCUT2D eigenvalue weighted by Gasteiger charge is -2.07. The molecule has 0 aromatic rings. The zero-order valence-electron chi connectivity index (χ0n) is 8.43. The van der Waals surface area contributed by atoms with Gasteiger partial charge in [0.05, 0.1) is 6.10 Å². The van der Waals surface area contributed by atoms with Gasteiger partial charge >= 0.3 is 0 Å². The average molecular weight is 168 g/mol. The summed E-state index contributed by atoms with van der Waals surface area (Å²) in [5.74, 6) is 0. The van der Waals surface area contributed by atoms with Crippen molar-refractivity contribution in [2.75, 3.05) is 0 Å². The van der Waals surface area contributed by atoms with Crippen molar-refractivity contribution < 1.29 is 5.11 Å². The fourth-order valence-corrected chi connectivity index (χ4v) is 1.11. The Morgan fingerprint density at radius 1 is 1.58 bits per heavy atom. The molecule has 0 aliphatic rings. The molecular weight excluding hydrogens is 148 g/mol. The molecule has 0 saturated carbocycles. The van der Waals surface area contributed by atoms with Gasteiger partial charge in [0, 0.05) is 0 Å². The van der Waals surface area contributed by atoms with Crippen LogP contribution < -0.4 is 0 Å².